The van der Waals surface area contributed by atoms with E-state index in [1.54, 1.807) is 30.0 Å². The van der Waals surface area contributed by atoms with Crippen LogP contribution in [-0.4, -0.2) is 34.2 Å². The van der Waals surface area contributed by atoms with Gasteiger partial charge in [-0.2, -0.15) is 0 Å². The third-order valence-electron chi connectivity index (χ3n) is 3.57. The number of amides is 1. The molecule has 0 bridgehead atoms. The number of phenolic OH excluding ortho intramolecular Hbond substituents is 1. The Balaban J connectivity index is 1.71. The number of nitrogens with zero attached hydrogens (tertiary/aromatic N) is 2. The molecule has 0 saturated carbocycles. The van der Waals surface area contributed by atoms with E-state index in [-0.39, 0.29) is 17.4 Å². The zero-order chi connectivity index (χ0) is 14.8. The fraction of sp³-hybridized carbons (Fsp3) is 0.250. The standard InChI is InChI=1S/C16H16N2O3/c1-11-10-15(21-17-11)16(20)18-8-6-13(7-9-18)12-2-4-14(19)5-3-12/h2-6,10,19H,7-9H2,1H3. The van der Waals surface area contributed by atoms with Gasteiger partial charge in [0.05, 0.1) is 5.69 Å². The van der Waals surface area contributed by atoms with Crippen molar-refractivity contribution in [2.75, 3.05) is 13.1 Å². The first-order valence-electron chi connectivity index (χ1n) is 6.84. The van der Waals surface area contributed by atoms with Crippen molar-refractivity contribution in [1.82, 2.24) is 10.1 Å². The van der Waals surface area contributed by atoms with Crippen LogP contribution in [0.15, 0.2) is 40.9 Å². The van der Waals surface area contributed by atoms with Crippen molar-refractivity contribution < 1.29 is 14.4 Å². The van der Waals surface area contributed by atoms with Crippen LogP contribution in [0.25, 0.3) is 5.57 Å². The number of phenols is 1. The summed E-state index contributed by atoms with van der Waals surface area (Å²) in [5.41, 5.74) is 2.97. The Labute approximate surface area is 122 Å². The van der Waals surface area contributed by atoms with Crippen LogP contribution in [0.2, 0.25) is 0 Å². The summed E-state index contributed by atoms with van der Waals surface area (Å²) in [5.74, 6) is 0.415. The zero-order valence-corrected chi connectivity index (χ0v) is 11.7. The Hall–Kier alpha value is -2.56. The first-order valence-corrected chi connectivity index (χ1v) is 6.84. The maximum atomic E-state index is 12.2. The van der Waals surface area contributed by atoms with Gasteiger partial charge in [-0.3, -0.25) is 4.79 Å². The number of hydrogen-bond donors (Lipinski definition) is 1. The minimum Gasteiger partial charge on any atom is -0.508 e. The molecule has 1 N–H and O–H groups in total. The van der Waals surface area contributed by atoms with Gasteiger partial charge in [0.2, 0.25) is 5.76 Å². The predicted octanol–water partition coefficient (Wildman–Crippen LogP) is 2.62. The van der Waals surface area contributed by atoms with Crippen LogP contribution in [-0.2, 0) is 0 Å². The Morgan fingerprint density at radius 1 is 1.33 bits per heavy atom. The minimum atomic E-state index is -0.128. The highest BCUT2D eigenvalue weighted by Crippen LogP contribution is 2.24. The van der Waals surface area contributed by atoms with E-state index in [4.69, 9.17) is 4.52 Å². The highest BCUT2D eigenvalue weighted by Gasteiger charge is 2.22. The molecule has 0 fully saturated rings. The van der Waals surface area contributed by atoms with Crippen LogP contribution < -0.4 is 0 Å². The number of rotatable bonds is 2. The van der Waals surface area contributed by atoms with Gasteiger partial charge in [-0.15, -0.1) is 0 Å². The van der Waals surface area contributed by atoms with Crippen molar-refractivity contribution in [3.05, 3.63) is 53.4 Å². The molecule has 1 aromatic carbocycles. The third kappa shape index (κ3) is 2.81. The van der Waals surface area contributed by atoms with Crippen LogP contribution >= 0.6 is 0 Å². The Bertz CT molecular complexity index is 686. The van der Waals surface area contributed by atoms with Gasteiger partial charge in [0.25, 0.3) is 5.91 Å². The molecule has 0 unspecified atom stereocenters. The Morgan fingerprint density at radius 2 is 2.10 bits per heavy atom. The third-order valence-corrected chi connectivity index (χ3v) is 3.57. The van der Waals surface area contributed by atoms with Gasteiger partial charge >= 0.3 is 0 Å². The number of aromatic hydroxyl groups is 1. The van der Waals surface area contributed by atoms with Gasteiger partial charge in [-0.25, -0.2) is 0 Å². The number of aromatic nitrogens is 1. The molecule has 0 aliphatic carbocycles. The molecule has 21 heavy (non-hydrogen) atoms. The second-order valence-electron chi connectivity index (χ2n) is 5.11. The van der Waals surface area contributed by atoms with E-state index in [2.05, 4.69) is 5.16 Å². The molecule has 0 spiro atoms. The molecule has 0 saturated heterocycles. The summed E-state index contributed by atoms with van der Waals surface area (Å²) in [4.78, 5) is 14.0. The zero-order valence-electron chi connectivity index (χ0n) is 11.7. The van der Waals surface area contributed by atoms with Crippen LogP contribution in [0.4, 0.5) is 0 Å². The van der Waals surface area contributed by atoms with E-state index in [0.717, 1.165) is 12.0 Å². The van der Waals surface area contributed by atoms with Crippen LogP contribution in [0, 0.1) is 6.92 Å². The lowest BCUT2D eigenvalue weighted by molar-refractivity contribution is 0.0731. The average Bonchev–Trinajstić information content (AvgIpc) is 2.94. The van der Waals surface area contributed by atoms with Crippen LogP contribution in [0.3, 0.4) is 0 Å². The monoisotopic (exact) mass is 284 g/mol. The molecule has 5 nitrogen and oxygen atoms in total. The van der Waals surface area contributed by atoms with E-state index < -0.39 is 0 Å². The highest BCUT2D eigenvalue weighted by atomic mass is 16.5. The lowest BCUT2D eigenvalue weighted by Gasteiger charge is -2.25. The molecule has 1 aliphatic heterocycles. The summed E-state index contributed by atoms with van der Waals surface area (Å²) in [6, 6.07) is 8.77. The molecule has 0 radical (unpaired) electrons. The summed E-state index contributed by atoms with van der Waals surface area (Å²) in [7, 11) is 0. The minimum absolute atomic E-state index is 0.128. The van der Waals surface area contributed by atoms with Gasteiger partial charge in [0, 0.05) is 19.2 Å². The quantitative estimate of drug-likeness (QED) is 0.920. The molecule has 1 aliphatic rings. The van der Waals surface area contributed by atoms with Gasteiger partial charge in [-0.1, -0.05) is 23.4 Å². The lowest BCUT2D eigenvalue weighted by Crippen LogP contribution is -2.34. The lowest BCUT2D eigenvalue weighted by atomic mass is 9.99. The van der Waals surface area contributed by atoms with Crippen molar-refractivity contribution in [1.29, 1.82) is 0 Å². The van der Waals surface area contributed by atoms with Crippen molar-refractivity contribution in [2.45, 2.75) is 13.3 Å². The van der Waals surface area contributed by atoms with E-state index >= 15 is 0 Å². The smallest absolute Gasteiger partial charge is 0.292 e. The molecule has 5 heteroatoms. The fourth-order valence-electron chi connectivity index (χ4n) is 2.41. The molecule has 0 atom stereocenters. The van der Waals surface area contributed by atoms with Crippen molar-refractivity contribution in [3.8, 4) is 5.75 Å². The number of aryl methyl sites for hydroxylation is 1. The fourth-order valence-corrected chi connectivity index (χ4v) is 2.41. The van der Waals surface area contributed by atoms with Gasteiger partial charge < -0.3 is 14.5 Å². The average molecular weight is 284 g/mol. The summed E-state index contributed by atoms with van der Waals surface area (Å²) in [6.45, 7) is 2.99. The summed E-state index contributed by atoms with van der Waals surface area (Å²) < 4.78 is 5.01. The highest BCUT2D eigenvalue weighted by molar-refractivity contribution is 5.92. The second kappa shape index (κ2) is 5.44. The second-order valence-corrected chi connectivity index (χ2v) is 5.11. The van der Waals surface area contributed by atoms with E-state index in [1.165, 1.54) is 5.57 Å². The number of carbonyl (C=O) groups excluding carboxylic acids is 1. The maximum absolute atomic E-state index is 12.2. The van der Waals surface area contributed by atoms with Crippen molar-refractivity contribution in [3.63, 3.8) is 0 Å². The van der Waals surface area contributed by atoms with E-state index in [0.29, 0.717) is 18.8 Å². The molecule has 3 rings (SSSR count). The SMILES string of the molecule is Cc1cc(C(=O)N2CC=C(c3ccc(O)cc3)CC2)on1. The summed E-state index contributed by atoms with van der Waals surface area (Å²) in [6.07, 6.45) is 2.82. The van der Waals surface area contributed by atoms with Gasteiger partial charge in [0.15, 0.2) is 0 Å². The number of carbonyl (C=O) groups is 1. The molecule has 2 aromatic rings. The molecular weight excluding hydrogens is 268 g/mol. The first-order chi connectivity index (χ1) is 10.1. The molecular formula is C16H16N2O3. The van der Waals surface area contributed by atoms with Crippen molar-refractivity contribution in [2.24, 2.45) is 0 Å². The summed E-state index contributed by atoms with van der Waals surface area (Å²) in [5, 5.41) is 13.1. The first kappa shape index (κ1) is 13.4. The Kier molecular flexibility index (Phi) is 3.48. The maximum Gasteiger partial charge on any atom is 0.292 e. The van der Waals surface area contributed by atoms with Gasteiger partial charge in [0.1, 0.15) is 5.75 Å². The van der Waals surface area contributed by atoms with Crippen LogP contribution in [0.1, 0.15) is 28.2 Å². The largest absolute Gasteiger partial charge is 0.508 e. The molecule has 108 valence electrons. The van der Waals surface area contributed by atoms with Gasteiger partial charge in [-0.05, 0) is 36.6 Å². The Morgan fingerprint density at radius 3 is 2.67 bits per heavy atom. The number of hydrogen-bond acceptors (Lipinski definition) is 4. The van der Waals surface area contributed by atoms with E-state index in [9.17, 15) is 9.90 Å². The topological polar surface area (TPSA) is 66.6 Å². The summed E-state index contributed by atoms with van der Waals surface area (Å²) >= 11 is 0. The number of benzene rings is 1. The van der Waals surface area contributed by atoms with Crippen molar-refractivity contribution >= 4 is 11.5 Å². The molecule has 2 heterocycles. The normalized spacial score (nSPS) is 14.9. The van der Waals surface area contributed by atoms with E-state index in [1.807, 2.05) is 18.2 Å². The predicted molar refractivity (Wildman–Crippen MR) is 77.8 cm³/mol. The molecule has 1 aromatic heterocycles. The molecule has 1 amide bonds. The van der Waals surface area contributed by atoms with Crippen LogP contribution in [0.5, 0.6) is 5.75 Å².